The molecule has 1 saturated heterocycles. The maximum absolute atomic E-state index is 13.3. The van der Waals surface area contributed by atoms with E-state index in [1.165, 1.54) is 31.5 Å². The summed E-state index contributed by atoms with van der Waals surface area (Å²) in [5, 5.41) is 18.7. The zero-order valence-corrected chi connectivity index (χ0v) is 22.8. The molecule has 0 bridgehead atoms. The maximum Gasteiger partial charge on any atom is 0.329 e. The van der Waals surface area contributed by atoms with Crippen LogP contribution in [0, 0.1) is 22.0 Å². The van der Waals surface area contributed by atoms with Gasteiger partial charge in [-0.2, -0.15) is 4.98 Å². The predicted molar refractivity (Wildman–Crippen MR) is 146 cm³/mol. The minimum absolute atomic E-state index is 0.0876. The summed E-state index contributed by atoms with van der Waals surface area (Å²) in [6, 6.07) is 9.31. The van der Waals surface area contributed by atoms with Crippen LogP contribution in [0.4, 0.5) is 21.3 Å². The molecule has 2 fully saturated rings. The summed E-state index contributed by atoms with van der Waals surface area (Å²) < 4.78 is 36.5. The van der Waals surface area contributed by atoms with Crippen LogP contribution in [0.2, 0.25) is 0 Å². The Balaban J connectivity index is 1.20. The van der Waals surface area contributed by atoms with E-state index in [4.69, 9.17) is 4.74 Å². The number of hydrogen-bond acceptors (Lipinski definition) is 11. The molecule has 1 aromatic carbocycles. The van der Waals surface area contributed by atoms with Crippen molar-refractivity contribution in [3.8, 4) is 6.01 Å². The highest BCUT2D eigenvalue weighted by atomic mass is 32.2. The van der Waals surface area contributed by atoms with Crippen molar-refractivity contribution in [3.63, 3.8) is 0 Å². The van der Waals surface area contributed by atoms with E-state index in [1.807, 2.05) is 0 Å². The number of benzene rings is 1. The molecular weight excluding hydrogens is 560 g/mol. The number of rotatable bonds is 7. The van der Waals surface area contributed by atoms with Gasteiger partial charge in [0.15, 0.2) is 5.65 Å². The number of ether oxygens (including phenoxy) is 1. The van der Waals surface area contributed by atoms with Gasteiger partial charge in [0.05, 0.1) is 22.3 Å². The smallest absolute Gasteiger partial charge is 0.329 e. The molecule has 1 saturated carbocycles. The number of carbonyl (C=O) groups is 1. The van der Waals surface area contributed by atoms with E-state index in [9.17, 15) is 23.3 Å². The Morgan fingerprint density at radius 1 is 1.18 bits per heavy atom. The van der Waals surface area contributed by atoms with Gasteiger partial charge in [-0.1, -0.05) is 18.2 Å². The highest BCUT2D eigenvalue weighted by Crippen LogP contribution is 2.42. The molecule has 1 aliphatic heterocycles. The predicted octanol–water partition coefficient (Wildman–Crippen LogP) is 3.40. The van der Waals surface area contributed by atoms with Gasteiger partial charge in [0, 0.05) is 36.9 Å². The molecule has 0 spiro atoms. The lowest BCUT2D eigenvalue weighted by Gasteiger charge is -2.20. The van der Waals surface area contributed by atoms with E-state index in [1.54, 1.807) is 23.1 Å². The van der Waals surface area contributed by atoms with E-state index < -0.39 is 14.9 Å². The molecule has 2 aliphatic rings. The molecule has 2 N–H and O–H groups in total. The van der Waals surface area contributed by atoms with Gasteiger partial charge in [-0.15, -0.1) is 4.37 Å². The summed E-state index contributed by atoms with van der Waals surface area (Å²) in [6.45, 7) is 1.09. The zero-order chi connectivity index (χ0) is 28.0. The quantitative estimate of drug-likeness (QED) is 0.242. The topological polar surface area (TPSA) is 174 Å². The average Bonchev–Trinajstić information content (AvgIpc) is 3.72. The molecule has 6 rings (SSSR count). The van der Waals surface area contributed by atoms with Crippen molar-refractivity contribution in [2.45, 2.75) is 23.8 Å². The van der Waals surface area contributed by atoms with Crippen molar-refractivity contribution < 1.29 is 22.9 Å². The first-order valence-corrected chi connectivity index (χ1v) is 14.6. The number of carbonyl (C=O) groups excluding carboxylic acids is 1. The Labute approximate surface area is 232 Å². The lowest BCUT2D eigenvalue weighted by Crippen LogP contribution is -2.34. The number of hydrogen-bond donors (Lipinski definition) is 2. The summed E-state index contributed by atoms with van der Waals surface area (Å²) in [6.07, 6.45) is 3.85. The van der Waals surface area contributed by atoms with E-state index in [2.05, 4.69) is 25.0 Å². The van der Waals surface area contributed by atoms with Gasteiger partial charge in [0.1, 0.15) is 11.9 Å². The molecule has 4 aromatic rings. The minimum Gasteiger partial charge on any atom is -0.466 e. The second kappa shape index (κ2) is 10.0. The third-order valence-electron chi connectivity index (χ3n) is 7.35. The van der Waals surface area contributed by atoms with Gasteiger partial charge in [-0.05, 0) is 42.9 Å². The number of urea groups is 1. The first-order valence-electron chi connectivity index (χ1n) is 12.4. The number of nitrogens with zero attached hydrogens (tertiary/aromatic N) is 6. The van der Waals surface area contributed by atoms with Crippen LogP contribution >= 0.6 is 11.5 Å². The van der Waals surface area contributed by atoms with Crippen molar-refractivity contribution in [2.24, 2.45) is 11.8 Å². The summed E-state index contributed by atoms with van der Waals surface area (Å²) >= 11 is 1.04. The fourth-order valence-corrected chi connectivity index (χ4v) is 7.40. The summed E-state index contributed by atoms with van der Waals surface area (Å²) in [5.41, 5.74) is 0.112. The van der Waals surface area contributed by atoms with Crippen molar-refractivity contribution in [1.29, 1.82) is 0 Å². The molecule has 4 heterocycles. The first-order chi connectivity index (χ1) is 19.2. The van der Waals surface area contributed by atoms with E-state index in [-0.39, 0.29) is 51.8 Å². The fraction of sp³-hybridized carbons (Fsp3) is 0.333. The number of nitrogens with one attached hydrogen (secondary N) is 2. The molecule has 3 aromatic heterocycles. The maximum atomic E-state index is 13.3. The molecule has 16 heteroatoms. The minimum atomic E-state index is -3.95. The Hall–Kier alpha value is -4.31. The van der Waals surface area contributed by atoms with Crippen molar-refractivity contribution >= 4 is 55.1 Å². The average molecular weight is 585 g/mol. The highest BCUT2D eigenvalue weighted by Gasteiger charge is 2.43. The zero-order valence-electron chi connectivity index (χ0n) is 21.1. The van der Waals surface area contributed by atoms with Gasteiger partial charge >= 0.3 is 17.7 Å². The van der Waals surface area contributed by atoms with Gasteiger partial charge in [-0.3, -0.25) is 15.4 Å². The van der Waals surface area contributed by atoms with Crippen LogP contribution in [0.5, 0.6) is 6.01 Å². The second-order valence-corrected chi connectivity index (χ2v) is 12.3. The molecule has 0 radical (unpaired) electrons. The SMILES string of the molecule is COc1nsc(NC(=O)N2C[C@H]3C[C@H](Nc4c([N+](=O)[O-])cnc5c4ccn5S(=O)(=O)c4ccccc4)C[C@H]3C2)n1. The molecule has 3 atom stereocenters. The van der Waals surface area contributed by atoms with Gasteiger partial charge in [0.25, 0.3) is 10.0 Å². The summed E-state index contributed by atoms with van der Waals surface area (Å²) in [5.74, 6) is 0.429. The Morgan fingerprint density at radius 3 is 2.55 bits per heavy atom. The fourth-order valence-electron chi connectivity index (χ4n) is 5.54. The van der Waals surface area contributed by atoms with Crippen LogP contribution in [0.25, 0.3) is 11.0 Å². The Kier molecular flexibility index (Phi) is 6.50. The molecule has 40 heavy (non-hydrogen) atoms. The number of pyridine rings is 1. The molecular formula is C24H24N8O6S2. The van der Waals surface area contributed by atoms with Crippen LogP contribution in [0.1, 0.15) is 12.8 Å². The third-order valence-corrected chi connectivity index (χ3v) is 9.64. The first kappa shape index (κ1) is 25.9. The standard InChI is InChI=1S/C24H24N8O6S2/c1-38-22-27-23(39-29-22)28-24(33)30-12-14-9-16(10-15(14)13-30)26-20-18-7-8-31(21(18)25-11-19(20)32(34)35)40(36,37)17-5-3-2-4-6-17/h2-8,11,14-16H,9-10,12-13H2,1H3,(H,25,26)(H,27,28,29,33)/t14-,15+,16+. The Morgan fingerprint density at radius 2 is 1.90 bits per heavy atom. The van der Waals surface area contributed by atoms with E-state index in [0.29, 0.717) is 36.4 Å². The molecule has 0 unspecified atom stereocenters. The number of aromatic nitrogens is 4. The van der Waals surface area contributed by atoms with Crippen LogP contribution in [0.15, 0.2) is 53.7 Å². The monoisotopic (exact) mass is 584 g/mol. The van der Waals surface area contributed by atoms with Crippen molar-refractivity contribution in [2.75, 3.05) is 30.8 Å². The van der Waals surface area contributed by atoms with Gasteiger partial charge in [0.2, 0.25) is 5.13 Å². The molecule has 1 aliphatic carbocycles. The summed E-state index contributed by atoms with van der Waals surface area (Å²) in [4.78, 5) is 34.1. The van der Waals surface area contributed by atoms with Crippen LogP contribution in [-0.4, -0.2) is 68.8 Å². The van der Waals surface area contributed by atoms with Gasteiger partial charge < -0.3 is 15.0 Å². The molecule has 2 amide bonds. The van der Waals surface area contributed by atoms with E-state index >= 15 is 0 Å². The lowest BCUT2D eigenvalue weighted by molar-refractivity contribution is -0.384. The van der Waals surface area contributed by atoms with E-state index in [0.717, 1.165) is 21.7 Å². The summed E-state index contributed by atoms with van der Waals surface area (Å²) in [7, 11) is -2.50. The van der Waals surface area contributed by atoms with Crippen molar-refractivity contribution in [1.82, 2.24) is 23.2 Å². The van der Waals surface area contributed by atoms with Crippen LogP contribution in [-0.2, 0) is 10.0 Å². The molecule has 14 nitrogen and oxygen atoms in total. The normalized spacial score (nSPS) is 20.4. The highest BCUT2D eigenvalue weighted by molar-refractivity contribution is 7.90. The lowest BCUT2D eigenvalue weighted by atomic mass is 10.0. The number of anilines is 2. The van der Waals surface area contributed by atoms with Gasteiger partial charge in [-0.25, -0.2) is 22.2 Å². The van der Waals surface area contributed by atoms with Crippen LogP contribution < -0.4 is 15.4 Å². The van der Waals surface area contributed by atoms with Crippen LogP contribution in [0.3, 0.4) is 0 Å². The number of methoxy groups -OCH3 is 1. The number of fused-ring (bicyclic) bond motifs is 2. The third kappa shape index (κ3) is 4.58. The Bertz CT molecular complexity index is 1690. The number of likely N-dealkylation sites (tertiary alicyclic amines) is 1. The second-order valence-electron chi connectivity index (χ2n) is 9.70. The number of nitro groups is 1. The number of amides is 2. The largest absolute Gasteiger partial charge is 0.466 e. The molecule has 208 valence electrons. The van der Waals surface area contributed by atoms with Crippen molar-refractivity contribution in [3.05, 3.63) is 58.9 Å².